The van der Waals surface area contributed by atoms with E-state index in [0.717, 1.165) is 36.0 Å². The molecular weight excluding hydrogens is 374 g/mol. The van der Waals surface area contributed by atoms with Crippen LogP contribution in [0.2, 0.25) is 0 Å². The van der Waals surface area contributed by atoms with Gasteiger partial charge in [-0.3, -0.25) is 5.10 Å². The minimum absolute atomic E-state index is 0.0299. The molecule has 7 heteroatoms. The van der Waals surface area contributed by atoms with E-state index in [1.165, 1.54) is 6.08 Å². The zero-order valence-corrected chi connectivity index (χ0v) is 16.2. The fraction of sp³-hybridized carbons (Fsp3) is 0.190. The highest BCUT2D eigenvalue weighted by Gasteiger charge is 2.09. The largest absolute Gasteiger partial charge is 0.544 e. The molecule has 1 N–H and O–H groups in total. The van der Waals surface area contributed by atoms with Gasteiger partial charge in [-0.05, 0) is 47.5 Å². The molecule has 0 aliphatic heterocycles. The first-order valence-corrected chi connectivity index (χ1v) is 9.74. The summed E-state index contributed by atoms with van der Waals surface area (Å²) < 4.78 is 5.79. The van der Waals surface area contributed by atoms with Gasteiger partial charge in [0.25, 0.3) is 0 Å². The molecule has 0 saturated heterocycles. The zero-order valence-electron chi connectivity index (χ0n) is 15.4. The number of hydrogen-bond acceptors (Lipinski definition) is 6. The second-order valence-electron chi connectivity index (χ2n) is 6.06. The summed E-state index contributed by atoms with van der Waals surface area (Å²) in [5.74, 6) is 0.116. The summed E-state index contributed by atoms with van der Waals surface area (Å²) >= 11 is 0.959. The molecule has 28 heavy (non-hydrogen) atoms. The molecule has 0 spiro atoms. The predicted molar refractivity (Wildman–Crippen MR) is 106 cm³/mol. The van der Waals surface area contributed by atoms with Gasteiger partial charge in [0.2, 0.25) is 5.16 Å². The maximum Gasteiger partial charge on any atom is 0.213 e. The van der Waals surface area contributed by atoms with Crippen LogP contribution in [0.1, 0.15) is 30.3 Å². The maximum atomic E-state index is 11.5. The molecule has 0 aliphatic carbocycles. The van der Waals surface area contributed by atoms with E-state index in [2.05, 4.69) is 15.2 Å². The highest BCUT2D eigenvalue weighted by atomic mass is 32.2. The van der Waals surface area contributed by atoms with E-state index in [1.807, 2.05) is 49.4 Å². The Morgan fingerprint density at radius 1 is 1.21 bits per heavy atom. The normalized spacial score (nSPS) is 11.4. The average Bonchev–Trinajstić information content (AvgIpc) is 3.14. The van der Waals surface area contributed by atoms with Crippen LogP contribution in [0.4, 0.5) is 0 Å². The summed E-state index contributed by atoms with van der Waals surface area (Å²) in [6.45, 7) is 2.47. The van der Waals surface area contributed by atoms with Gasteiger partial charge in [0.1, 0.15) is 18.2 Å². The number of aromatic amines is 1. The monoisotopic (exact) mass is 394 g/mol. The van der Waals surface area contributed by atoms with Crippen molar-refractivity contribution in [3.63, 3.8) is 0 Å². The molecule has 0 fully saturated rings. The second kappa shape index (κ2) is 9.75. The van der Waals surface area contributed by atoms with E-state index in [1.54, 1.807) is 12.1 Å². The maximum absolute atomic E-state index is 11.5. The van der Waals surface area contributed by atoms with Crippen molar-refractivity contribution in [3.05, 3.63) is 76.5 Å². The quantitative estimate of drug-likeness (QED) is 0.443. The standard InChI is InChI=1S/C21H21N3O3S/c1-2-7-19-22-21(24-23-19)28-18(20(25)26)13-16-10-6-11-17(12-16)27-14-15-8-4-3-5-9-15/h3-6,8-13H,2,7,14H2,1H3,(H,25,26)(H,22,23,24)/p-1/b18-13-. The molecule has 0 radical (unpaired) electrons. The van der Waals surface area contributed by atoms with E-state index in [9.17, 15) is 9.90 Å². The van der Waals surface area contributed by atoms with Crippen molar-refractivity contribution >= 4 is 23.8 Å². The van der Waals surface area contributed by atoms with Gasteiger partial charge in [-0.1, -0.05) is 49.4 Å². The van der Waals surface area contributed by atoms with Crippen molar-refractivity contribution in [2.45, 2.75) is 31.5 Å². The van der Waals surface area contributed by atoms with Gasteiger partial charge in [0.15, 0.2) is 0 Å². The van der Waals surface area contributed by atoms with Crippen molar-refractivity contribution in [1.82, 2.24) is 15.2 Å². The molecular formula is C21H20N3O3S-. The Morgan fingerprint density at radius 3 is 2.79 bits per heavy atom. The van der Waals surface area contributed by atoms with Gasteiger partial charge >= 0.3 is 0 Å². The average molecular weight is 394 g/mol. The molecule has 0 bridgehead atoms. The van der Waals surface area contributed by atoms with Crippen LogP contribution in [-0.4, -0.2) is 21.2 Å². The number of H-pyrrole nitrogens is 1. The van der Waals surface area contributed by atoms with Crippen LogP contribution in [0.5, 0.6) is 5.75 Å². The number of carboxylic acids is 1. The molecule has 3 aromatic rings. The van der Waals surface area contributed by atoms with Crippen LogP contribution in [0.3, 0.4) is 0 Å². The van der Waals surface area contributed by atoms with Gasteiger partial charge in [0.05, 0.1) is 5.97 Å². The van der Waals surface area contributed by atoms with Gasteiger partial charge < -0.3 is 14.6 Å². The third-order valence-electron chi connectivity index (χ3n) is 3.80. The highest BCUT2D eigenvalue weighted by molar-refractivity contribution is 8.04. The molecule has 1 heterocycles. The summed E-state index contributed by atoms with van der Waals surface area (Å²) in [6, 6.07) is 17.1. The number of nitrogens with zero attached hydrogens (tertiary/aromatic N) is 2. The molecule has 3 rings (SSSR count). The Hall–Kier alpha value is -3.06. The first kappa shape index (κ1) is 19.7. The smallest absolute Gasteiger partial charge is 0.213 e. The van der Waals surface area contributed by atoms with Crippen LogP contribution in [0.25, 0.3) is 6.08 Å². The lowest BCUT2D eigenvalue weighted by Gasteiger charge is -2.09. The molecule has 2 aromatic carbocycles. The first-order chi connectivity index (χ1) is 13.6. The van der Waals surface area contributed by atoms with Crippen LogP contribution in [0, 0.1) is 0 Å². The minimum Gasteiger partial charge on any atom is -0.544 e. The number of aromatic nitrogens is 3. The van der Waals surface area contributed by atoms with Crippen LogP contribution in [0.15, 0.2) is 64.7 Å². The fourth-order valence-electron chi connectivity index (χ4n) is 2.49. The number of thioether (sulfide) groups is 1. The number of rotatable bonds is 9. The number of benzene rings is 2. The van der Waals surface area contributed by atoms with Gasteiger partial charge in [-0.25, -0.2) is 4.98 Å². The van der Waals surface area contributed by atoms with Gasteiger partial charge in [-0.15, -0.1) is 5.10 Å². The van der Waals surface area contributed by atoms with Crippen molar-refractivity contribution in [1.29, 1.82) is 0 Å². The van der Waals surface area contributed by atoms with E-state index in [0.29, 0.717) is 23.1 Å². The molecule has 0 saturated carbocycles. The number of ether oxygens (including phenoxy) is 1. The zero-order chi connectivity index (χ0) is 19.8. The SMILES string of the molecule is CCCc1nc(S/C(=C\c2cccc(OCc3ccccc3)c2)C(=O)[O-])n[nH]1. The van der Waals surface area contributed by atoms with Crippen LogP contribution >= 0.6 is 11.8 Å². The van der Waals surface area contributed by atoms with Crippen molar-refractivity contribution in [3.8, 4) is 5.75 Å². The van der Waals surface area contributed by atoms with Crippen molar-refractivity contribution in [2.75, 3.05) is 0 Å². The lowest BCUT2D eigenvalue weighted by molar-refractivity contribution is -0.297. The van der Waals surface area contributed by atoms with Crippen LogP contribution in [-0.2, 0) is 17.8 Å². The number of nitrogens with one attached hydrogen (secondary N) is 1. The Kier molecular flexibility index (Phi) is 6.86. The Morgan fingerprint density at radius 2 is 2.04 bits per heavy atom. The van der Waals surface area contributed by atoms with E-state index in [-0.39, 0.29) is 4.91 Å². The number of hydrogen-bond donors (Lipinski definition) is 1. The molecule has 1 aromatic heterocycles. The van der Waals surface area contributed by atoms with Gasteiger partial charge in [0, 0.05) is 11.3 Å². The molecule has 144 valence electrons. The summed E-state index contributed by atoms with van der Waals surface area (Å²) in [7, 11) is 0. The number of carbonyl (C=O) groups is 1. The van der Waals surface area contributed by atoms with Crippen molar-refractivity contribution < 1.29 is 14.6 Å². The molecule has 0 aliphatic rings. The van der Waals surface area contributed by atoms with Crippen molar-refractivity contribution in [2.24, 2.45) is 0 Å². The minimum atomic E-state index is -1.28. The molecule has 0 unspecified atom stereocenters. The number of aliphatic carboxylic acids is 1. The third kappa shape index (κ3) is 5.72. The summed E-state index contributed by atoms with van der Waals surface area (Å²) in [4.78, 5) is 15.9. The molecule has 6 nitrogen and oxygen atoms in total. The second-order valence-corrected chi connectivity index (χ2v) is 7.07. The topological polar surface area (TPSA) is 90.9 Å². The molecule has 0 atom stereocenters. The van der Waals surface area contributed by atoms with Crippen LogP contribution < -0.4 is 9.84 Å². The van der Waals surface area contributed by atoms with E-state index < -0.39 is 5.97 Å². The fourth-order valence-corrected chi connectivity index (χ4v) is 3.21. The van der Waals surface area contributed by atoms with E-state index in [4.69, 9.17) is 4.74 Å². The number of carboxylic acid groups (broad SMARTS) is 1. The summed E-state index contributed by atoms with van der Waals surface area (Å²) in [5, 5.41) is 18.8. The lowest BCUT2D eigenvalue weighted by Crippen LogP contribution is -2.23. The molecule has 0 amide bonds. The van der Waals surface area contributed by atoms with E-state index >= 15 is 0 Å². The van der Waals surface area contributed by atoms with Gasteiger partial charge in [-0.2, -0.15) is 0 Å². The third-order valence-corrected chi connectivity index (χ3v) is 4.67. The number of carbonyl (C=O) groups excluding carboxylic acids is 1. The number of aryl methyl sites for hydroxylation is 1. The summed E-state index contributed by atoms with van der Waals surface area (Å²) in [6.07, 6.45) is 3.22. The predicted octanol–water partition coefficient (Wildman–Crippen LogP) is 3.22. The summed E-state index contributed by atoms with van der Waals surface area (Å²) in [5.41, 5.74) is 1.75. The lowest BCUT2D eigenvalue weighted by atomic mass is 10.2. The first-order valence-electron chi connectivity index (χ1n) is 8.93. The Balaban J connectivity index is 1.72. The highest BCUT2D eigenvalue weighted by Crippen LogP contribution is 2.26. The Labute approximate surface area is 167 Å². The Bertz CT molecular complexity index is 954.